The summed E-state index contributed by atoms with van der Waals surface area (Å²) in [6, 6.07) is 15.0. The SMILES string of the molecule is Cc1ccc(-c2nnc(-c3ccc(CN(C)C)cc3)s2)cc1C. The Morgan fingerprint density at radius 3 is 2.04 bits per heavy atom. The summed E-state index contributed by atoms with van der Waals surface area (Å²) in [6.07, 6.45) is 0. The first-order valence-corrected chi connectivity index (χ1v) is 8.50. The maximum absolute atomic E-state index is 4.36. The molecule has 0 aliphatic carbocycles. The van der Waals surface area contributed by atoms with E-state index in [0.29, 0.717) is 0 Å². The van der Waals surface area contributed by atoms with Gasteiger partial charge in [0.05, 0.1) is 0 Å². The van der Waals surface area contributed by atoms with Crippen molar-refractivity contribution in [3.8, 4) is 21.1 Å². The van der Waals surface area contributed by atoms with Gasteiger partial charge in [0.15, 0.2) is 0 Å². The fourth-order valence-corrected chi connectivity index (χ4v) is 3.29. The van der Waals surface area contributed by atoms with Crippen molar-refractivity contribution in [2.75, 3.05) is 14.1 Å². The second-order valence-corrected chi connectivity index (χ2v) is 7.12. The molecule has 1 heterocycles. The van der Waals surface area contributed by atoms with E-state index < -0.39 is 0 Å². The molecule has 2 aromatic carbocycles. The predicted molar refractivity (Wildman–Crippen MR) is 97.6 cm³/mol. The molecule has 0 radical (unpaired) electrons. The molecule has 0 bridgehead atoms. The van der Waals surface area contributed by atoms with Crippen LogP contribution in [0.1, 0.15) is 16.7 Å². The second-order valence-electron chi connectivity index (χ2n) is 6.15. The van der Waals surface area contributed by atoms with Crippen molar-refractivity contribution in [3.05, 3.63) is 59.2 Å². The average molecular weight is 323 g/mol. The third kappa shape index (κ3) is 3.66. The summed E-state index contributed by atoms with van der Waals surface area (Å²) in [5.41, 5.74) is 6.15. The molecule has 3 nitrogen and oxygen atoms in total. The number of rotatable bonds is 4. The van der Waals surface area contributed by atoms with E-state index in [2.05, 4.69) is 85.5 Å². The zero-order valence-electron chi connectivity index (χ0n) is 14.0. The van der Waals surface area contributed by atoms with E-state index >= 15 is 0 Å². The van der Waals surface area contributed by atoms with Crippen molar-refractivity contribution in [1.29, 1.82) is 0 Å². The summed E-state index contributed by atoms with van der Waals surface area (Å²) in [5.74, 6) is 0. The minimum Gasteiger partial charge on any atom is -0.305 e. The number of aromatic nitrogens is 2. The van der Waals surface area contributed by atoms with Gasteiger partial charge in [0.25, 0.3) is 0 Å². The fourth-order valence-electron chi connectivity index (χ4n) is 2.45. The van der Waals surface area contributed by atoms with Gasteiger partial charge in [-0.3, -0.25) is 0 Å². The van der Waals surface area contributed by atoms with Gasteiger partial charge in [-0.15, -0.1) is 10.2 Å². The predicted octanol–water partition coefficient (Wildman–Crippen LogP) is 4.55. The molecule has 118 valence electrons. The summed E-state index contributed by atoms with van der Waals surface area (Å²) < 4.78 is 0. The number of benzene rings is 2. The zero-order valence-corrected chi connectivity index (χ0v) is 14.8. The molecule has 3 rings (SSSR count). The summed E-state index contributed by atoms with van der Waals surface area (Å²) in [5, 5.41) is 10.7. The highest BCUT2D eigenvalue weighted by molar-refractivity contribution is 7.17. The van der Waals surface area contributed by atoms with Crippen molar-refractivity contribution in [2.24, 2.45) is 0 Å². The van der Waals surface area contributed by atoms with Crippen molar-refractivity contribution < 1.29 is 0 Å². The third-order valence-electron chi connectivity index (χ3n) is 3.88. The molecule has 0 fully saturated rings. The normalized spacial score (nSPS) is 11.2. The van der Waals surface area contributed by atoms with E-state index in [-0.39, 0.29) is 0 Å². The minimum atomic E-state index is 0.949. The van der Waals surface area contributed by atoms with E-state index in [4.69, 9.17) is 0 Å². The van der Waals surface area contributed by atoms with Gasteiger partial charge in [0.2, 0.25) is 0 Å². The molecular formula is C19H21N3S. The van der Waals surface area contributed by atoms with Gasteiger partial charge in [-0.25, -0.2) is 0 Å². The lowest BCUT2D eigenvalue weighted by Gasteiger charge is -2.09. The Bertz CT molecular complexity index is 804. The fraction of sp³-hybridized carbons (Fsp3) is 0.263. The standard InChI is InChI=1S/C19H21N3S/c1-13-5-8-17(11-14(13)2)19-21-20-18(23-19)16-9-6-15(7-10-16)12-22(3)4/h5-11H,12H2,1-4H3. The number of hydrogen-bond donors (Lipinski definition) is 0. The largest absolute Gasteiger partial charge is 0.305 e. The Kier molecular flexibility index (Phi) is 4.55. The van der Waals surface area contributed by atoms with Crippen LogP contribution in [-0.4, -0.2) is 29.2 Å². The third-order valence-corrected chi connectivity index (χ3v) is 4.90. The Morgan fingerprint density at radius 2 is 1.43 bits per heavy atom. The molecule has 0 saturated carbocycles. The van der Waals surface area contributed by atoms with Crippen LogP contribution in [0.5, 0.6) is 0 Å². The maximum Gasteiger partial charge on any atom is 0.148 e. The zero-order chi connectivity index (χ0) is 16.4. The number of hydrogen-bond acceptors (Lipinski definition) is 4. The molecule has 0 aliphatic heterocycles. The first-order chi connectivity index (χ1) is 11.0. The topological polar surface area (TPSA) is 29.0 Å². The Labute approximate surface area is 141 Å². The lowest BCUT2D eigenvalue weighted by molar-refractivity contribution is 0.402. The average Bonchev–Trinajstić information content (AvgIpc) is 3.00. The summed E-state index contributed by atoms with van der Waals surface area (Å²) in [6.45, 7) is 5.20. The van der Waals surface area contributed by atoms with Gasteiger partial charge in [0.1, 0.15) is 10.0 Å². The van der Waals surface area contributed by atoms with Crippen LogP contribution in [0.25, 0.3) is 21.1 Å². The second kappa shape index (κ2) is 6.60. The number of aryl methyl sites for hydroxylation is 2. The Balaban J connectivity index is 1.85. The molecule has 0 atom stereocenters. The minimum absolute atomic E-state index is 0.949. The molecule has 1 aromatic heterocycles. The highest BCUT2D eigenvalue weighted by Crippen LogP contribution is 2.30. The summed E-state index contributed by atoms with van der Waals surface area (Å²) >= 11 is 1.64. The molecule has 0 unspecified atom stereocenters. The highest BCUT2D eigenvalue weighted by Gasteiger charge is 2.09. The lowest BCUT2D eigenvalue weighted by atomic mass is 10.1. The van der Waals surface area contributed by atoms with Crippen LogP contribution < -0.4 is 0 Å². The number of nitrogens with zero attached hydrogens (tertiary/aromatic N) is 3. The van der Waals surface area contributed by atoms with Crippen molar-refractivity contribution in [3.63, 3.8) is 0 Å². The first kappa shape index (κ1) is 15.8. The first-order valence-electron chi connectivity index (χ1n) is 7.68. The molecule has 3 aromatic rings. The summed E-state index contributed by atoms with van der Waals surface area (Å²) in [4.78, 5) is 2.16. The van der Waals surface area contributed by atoms with E-state index in [1.165, 1.54) is 16.7 Å². The van der Waals surface area contributed by atoms with Gasteiger partial charge >= 0.3 is 0 Å². The quantitative estimate of drug-likeness (QED) is 0.705. The Hall–Kier alpha value is -2.04. The lowest BCUT2D eigenvalue weighted by Crippen LogP contribution is -2.10. The van der Waals surface area contributed by atoms with E-state index in [0.717, 1.165) is 27.7 Å². The molecule has 0 saturated heterocycles. The molecule has 0 amide bonds. The van der Waals surface area contributed by atoms with Crippen LogP contribution in [-0.2, 0) is 6.54 Å². The smallest absolute Gasteiger partial charge is 0.148 e. The summed E-state index contributed by atoms with van der Waals surface area (Å²) in [7, 11) is 4.16. The van der Waals surface area contributed by atoms with Crippen LogP contribution in [0.2, 0.25) is 0 Å². The van der Waals surface area contributed by atoms with Crippen LogP contribution in [0.4, 0.5) is 0 Å². The molecule has 23 heavy (non-hydrogen) atoms. The van der Waals surface area contributed by atoms with Gasteiger partial charge in [-0.05, 0) is 50.7 Å². The van der Waals surface area contributed by atoms with E-state index in [9.17, 15) is 0 Å². The van der Waals surface area contributed by atoms with E-state index in [1.807, 2.05) is 0 Å². The maximum atomic E-state index is 4.36. The van der Waals surface area contributed by atoms with Gasteiger partial charge in [0, 0.05) is 17.7 Å². The monoisotopic (exact) mass is 323 g/mol. The molecule has 0 spiro atoms. The van der Waals surface area contributed by atoms with Gasteiger partial charge < -0.3 is 4.90 Å². The highest BCUT2D eigenvalue weighted by atomic mass is 32.1. The van der Waals surface area contributed by atoms with Crippen molar-refractivity contribution in [1.82, 2.24) is 15.1 Å². The molecule has 4 heteroatoms. The Morgan fingerprint density at radius 1 is 0.826 bits per heavy atom. The van der Waals surface area contributed by atoms with Crippen LogP contribution in [0, 0.1) is 13.8 Å². The van der Waals surface area contributed by atoms with Crippen LogP contribution in [0.15, 0.2) is 42.5 Å². The molecule has 0 N–H and O–H groups in total. The molecular weight excluding hydrogens is 302 g/mol. The van der Waals surface area contributed by atoms with Gasteiger partial charge in [-0.1, -0.05) is 47.7 Å². The van der Waals surface area contributed by atoms with Crippen molar-refractivity contribution in [2.45, 2.75) is 20.4 Å². The van der Waals surface area contributed by atoms with Crippen molar-refractivity contribution >= 4 is 11.3 Å². The van der Waals surface area contributed by atoms with Crippen LogP contribution >= 0.6 is 11.3 Å². The molecule has 0 aliphatic rings. The van der Waals surface area contributed by atoms with E-state index in [1.54, 1.807) is 11.3 Å². The van der Waals surface area contributed by atoms with Crippen LogP contribution in [0.3, 0.4) is 0 Å². The van der Waals surface area contributed by atoms with Gasteiger partial charge in [-0.2, -0.15) is 0 Å².